The fourth-order valence-electron chi connectivity index (χ4n) is 1.59. The molecule has 17 heavy (non-hydrogen) atoms. The Morgan fingerprint density at radius 2 is 2.35 bits per heavy atom. The second-order valence-electron chi connectivity index (χ2n) is 3.44. The maximum Gasteiger partial charge on any atom is 0.284 e. The lowest BCUT2D eigenvalue weighted by Crippen LogP contribution is -2.12. The lowest BCUT2D eigenvalue weighted by Gasteiger charge is -2.07. The molecular weight excluding hydrogens is 242 g/mol. The molecule has 2 heterocycles. The third-order valence-corrected chi connectivity index (χ3v) is 3.35. The average molecular weight is 253 g/mol. The molecule has 6 heteroatoms. The first-order valence-corrected chi connectivity index (χ1v) is 5.87. The highest BCUT2D eigenvalue weighted by molar-refractivity contribution is 7.10. The van der Waals surface area contributed by atoms with E-state index in [9.17, 15) is 10.1 Å². The second kappa shape index (κ2) is 5.01. The lowest BCUT2D eigenvalue weighted by molar-refractivity contribution is -0.482. The van der Waals surface area contributed by atoms with E-state index in [1.807, 2.05) is 17.5 Å². The van der Waals surface area contributed by atoms with Gasteiger partial charge in [-0.25, -0.2) is 0 Å². The first-order valence-electron chi connectivity index (χ1n) is 4.99. The van der Waals surface area contributed by atoms with Crippen molar-refractivity contribution in [1.82, 2.24) is 0 Å². The highest BCUT2D eigenvalue weighted by Gasteiger charge is 2.24. The summed E-state index contributed by atoms with van der Waals surface area (Å²) in [6.45, 7) is -0.183. The van der Waals surface area contributed by atoms with E-state index in [2.05, 4.69) is 0 Å². The van der Waals surface area contributed by atoms with Crippen molar-refractivity contribution in [1.29, 1.82) is 0 Å². The lowest BCUT2D eigenvalue weighted by atomic mass is 10.1. The third kappa shape index (κ3) is 2.65. The molecule has 0 aliphatic carbocycles. The van der Waals surface area contributed by atoms with Crippen LogP contribution in [0.1, 0.15) is 16.6 Å². The van der Waals surface area contributed by atoms with Crippen LogP contribution in [-0.4, -0.2) is 18.6 Å². The van der Waals surface area contributed by atoms with Gasteiger partial charge in [-0.3, -0.25) is 10.1 Å². The number of hydrogen-bond donors (Lipinski definition) is 0. The summed E-state index contributed by atoms with van der Waals surface area (Å²) in [4.78, 5) is 11.3. The highest BCUT2D eigenvalue weighted by Crippen LogP contribution is 2.31. The standard InChI is InChI=1S/C11H11NO4S/c1-15-11-5-4-9(16-11)8(7-12(13)14)10-3-2-6-17-10/h2-6,8H,7H2,1H3/t8-/m0/s1. The average Bonchev–Trinajstić information content (AvgIpc) is 2.97. The molecule has 0 spiro atoms. The molecule has 0 saturated carbocycles. The van der Waals surface area contributed by atoms with Crippen molar-refractivity contribution in [3.8, 4) is 5.95 Å². The summed E-state index contributed by atoms with van der Waals surface area (Å²) in [5.41, 5.74) is 0. The molecule has 0 unspecified atom stereocenters. The van der Waals surface area contributed by atoms with Crippen molar-refractivity contribution in [2.75, 3.05) is 13.7 Å². The number of nitro groups is 1. The fraction of sp³-hybridized carbons (Fsp3) is 0.273. The van der Waals surface area contributed by atoms with E-state index in [0.29, 0.717) is 11.7 Å². The van der Waals surface area contributed by atoms with E-state index < -0.39 is 0 Å². The van der Waals surface area contributed by atoms with Crippen LogP contribution >= 0.6 is 11.3 Å². The van der Waals surface area contributed by atoms with Crippen molar-refractivity contribution < 1.29 is 14.1 Å². The minimum atomic E-state index is -0.353. The number of methoxy groups -OCH3 is 1. The van der Waals surface area contributed by atoms with Crippen molar-refractivity contribution in [2.24, 2.45) is 0 Å². The van der Waals surface area contributed by atoms with E-state index in [4.69, 9.17) is 9.15 Å². The zero-order valence-corrected chi connectivity index (χ0v) is 9.98. The van der Waals surface area contributed by atoms with Crippen molar-refractivity contribution in [3.63, 3.8) is 0 Å². The van der Waals surface area contributed by atoms with Gasteiger partial charge in [0, 0.05) is 15.9 Å². The maximum absolute atomic E-state index is 10.7. The van der Waals surface area contributed by atoms with Crippen molar-refractivity contribution in [2.45, 2.75) is 5.92 Å². The van der Waals surface area contributed by atoms with Crippen LogP contribution in [0, 0.1) is 10.1 Å². The number of ether oxygens (including phenoxy) is 1. The molecule has 2 aromatic heterocycles. The van der Waals surface area contributed by atoms with Gasteiger partial charge in [-0.15, -0.1) is 11.3 Å². The van der Waals surface area contributed by atoms with Crippen molar-refractivity contribution >= 4 is 11.3 Å². The predicted molar refractivity (Wildman–Crippen MR) is 63.3 cm³/mol. The molecule has 90 valence electrons. The van der Waals surface area contributed by atoms with E-state index >= 15 is 0 Å². The smallest absolute Gasteiger partial charge is 0.284 e. The van der Waals surface area contributed by atoms with Gasteiger partial charge in [0.05, 0.1) is 7.11 Å². The molecule has 1 atom stereocenters. The topological polar surface area (TPSA) is 65.5 Å². The van der Waals surface area contributed by atoms with Gasteiger partial charge in [-0.05, 0) is 17.5 Å². The monoisotopic (exact) mass is 253 g/mol. The Bertz CT molecular complexity index is 491. The molecule has 5 nitrogen and oxygen atoms in total. The van der Waals surface area contributed by atoms with Gasteiger partial charge >= 0.3 is 0 Å². The number of nitrogens with zero attached hydrogens (tertiary/aromatic N) is 1. The summed E-state index contributed by atoms with van der Waals surface area (Å²) in [5, 5.41) is 12.6. The Labute approximate surface area is 102 Å². The minimum Gasteiger partial charge on any atom is -0.468 e. The van der Waals surface area contributed by atoms with E-state index in [1.165, 1.54) is 18.4 Å². The molecule has 0 saturated heterocycles. The van der Waals surface area contributed by atoms with E-state index in [1.54, 1.807) is 12.1 Å². The second-order valence-corrected chi connectivity index (χ2v) is 4.42. The fourth-order valence-corrected chi connectivity index (χ4v) is 2.42. The van der Waals surface area contributed by atoms with Gasteiger partial charge in [0.25, 0.3) is 5.95 Å². The Kier molecular flexibility index (Phi) is 3.43. The molecule has 2 aromatic rings. The number of hydrogen-bond acceptors (Lipinski definition) is 5. The Morgan fingerprint density at radius 1 is 1.53 bits per heavy atom. The molecular formula is C11H11NO4S. The summed E-state index contributed by atoms with van der Waals surface area (Å²) in [5.74, 6) is 0.569. The first-order chi connectivity index (χ1) is 8.20. The van der Waals surface area contributed by atoms with Gasteiger partial charge in [0.1, 0.15) is 11.7 Å². The summed E-state index contributed by atoms with van der Waals surface area (Å²) >= 11 is 1.48. The highest BCUT2D eigenvalue weighted by atomic mass is 32.1. The van der Waals surface area contributed by atoms with Crippen molar-refractivity contribution in [3.05, 3.63) is 50.4 Å². The van der Waals surface area contributed by atoms with Gasteiger partial charge < -0.3 is 9.15 Å². The zero-order valence-electron chi connectivity index (χ0n) is 9.16. The third-order valence-electron chi connectivity index (χ3n) is 2.37. The Morgan fingerprint density at radius 3 is 2.88 bits per heavy atom. The summed E-state index contributed by atoms with van der Waals surface area (Å²) < 4.78 is 10.3. The van der Waals surface area contributed by atoms with Crippen LogP contribution in [0.2, 0.25) is 0 Å². The van der Waals surface area contributed by atoms with Gasteiger partial charge in [-0.1, -0.05) is 6.07 Å². The first kappa shape index (κ1) is 11.7. The minimum absolute atomic E-state index is 0.183. The molecule has 0 aliphatic rings. The molecule has 0 aromatic carbocycles. The SMILES string of the molecule is COc1ccc([C@H](C[N+](=O)[O-])c2cccs2)o1. The van der Waals surface area contributed by atoms with Gasteiger partial charge in [0.15, 0.2) is 0 Å². The van der Waals surface area contributed by atoms with Crippen LogP contribution in [0.25, 0.3) is 0 Å². The van der Waals surface area contributed by atoms with Crippen LogP contribution in [0.15, 0.2) is 34.1 Å². The maximum atomic E-state index is 10.7. The zero-order chi connectivity index (χ0) is 12.3. The van der Waals surface area contributed by atoms with Crippen LogP contribution < -0.4 is 4.74 Å². The molecule has 0 aliphatic heterocycles. The largest absolute Gasteiger partial charge is 0.468 e. The van der Waals surface area contributed by atoms with Gasteiger partial charge in [-0.2, -0.15) is 0 Å². The number of rotatable bonds is 5. The number of furan rings is 1. The molecule has 0 N–H and O–H groups in total. The summed E-state index contributed by atoms with van der Waals surface area (Å²) in [7, 11) is 1.50. The summed E-state index contributed by atoms with van der Waals surface area (Å²) in [6, 6.07) is 7.11. The normalized spacial score (nSPS) is 12.3. The molecule has 0 fully saturated rings. The van der Waals surface area contributed by atoms with Crippen LogP contribution in [0.3, 0.4) is 0 Å². The quantitative estimate of drug-likeness (QED) is 0.607. The predicted octanol–water partition coefficient (Wildman–Crippen LogP) is 2.76. The van der Waals surface area contributed by atoms with Gasteiger partial charge in [0.2, 0.25) is 6.54 Å². The molecule has 0 amide bonds. The molecule has 0 radical (unpaired) electrons. The van der Waals surface area contributed by atoms with Crippen LogP contribution in [0.4, 0.5) is 0 Å². The summed E-state index contributed by atoms with van der Waals surface area (Å²) in [6.07, 6.45) is 0. The van der Waals surface area contributed by atoms with E-state index in [0.717, 1.165) is 4.88 Å². The Hall–Kier alpha value is -1.82. The number of thiophene rings is 1. The molecule has 2 rings (SSSR count). The van der Waals surface area contributed by atoms with E-state index in [-0.39, 0.29) is 17.4 Å². The molecule has 0 bridgehead atoms. The van der Waals surface area contributed by atoms with Crippen LogP contribution in [-0.2, 0) is 0 Å². The van der Waals surface area contributed by atoms with Crippen LogP contribution in [0.5, 0.6) is 5.95 Å². The Balaban J connectivity index is 2.29.